The molecule has 1 aromatic carbocycles. The molecule has 0 atom stereocenters. The number of halogens is 1. The number of nitrogens with two attached hydrogens (primary N) is 2. The van der Waals surface area contributed by atoms with E-state index in [1.807, 2.05) is 0 Å². The number of hydrogen-bond acceptors (Lipinski definition) is 5. The lowest BCUT2D eigenvalue weighted by molar-refractivity contribution is 0.625. The molecule has 0 unspecified atom stereocenters. The zero-order valence-corrected chi connectivity index (χ0v) is 11.1. The highest BCUT2D eigenvalue weighted by atomic mass is 19.1. The summed E-state index contributed by atoms with van der Waals surface area (Å²) in [4.78, 5) is 4.06. The molecule has 2 aromatic rings. The highest BCUT2D eigenvalue weighted by Gasteiger charge is 2.14. The van der Waals surface area contributed by atoms with Gasteiger partial charge < -0.3 is 16.9 Å². The van der Waals surface area contributed by atoms with Crippen LogP contribution in [0.2, 0.25) is 0 Å². The second-order valence-electron chi connectivity index (χ2n) is 4.28. The molecular weight excluding hydrogens is 269 g/mol. The maximum atomic E-state index is 13.8. The van der Waals surface area contributed by atoms with Crippen LogP contribution in [-0.4, -0.2) is 16.9 Å². The summed E-state index contributed by atoms with van der Waals surface area (Å²) in [6, 6.07) is 7.51. The molecule has 0 bridgehead atoms. The van der Waals surface area contributed by atoms with Crippen molar-refractivity contribution in [1.29, 1.82) is 10.8 Å². The topological polar surface area (TPSA) is 113 Å². The third kappa shape index (κ3) is 2.79. The Hall–Kier alpha value is -3.02. The van der Waals surface area contributed by atoms with Crippen molar-refractivity contribution in [1.82, 2.24) is 4.98 Å². The summed E-state index contributed by atoms with van der Waals surface area (Å²) in [6.45, 7) is 0. The third-order valence-electron chi connectivity index (χ3n) is 2.98. The summed E-state index contributed by atoms with van der Waals surface area (Å²) in [5, 5.41) is 15.4. The van der Waals surface area contributed by atoms with Crippen LogP contribution in [0, 0.1) is 16.6 Å². The molecule has 0 radical (unpaired) electrons. The Kier molecular flexibility index (Phi) is 4.08. The minimum absolute atomic E-state index is 0.0457. The molecule has 2 rings (SSSR count). The van der Waals surface area contributed by atoms with Crippen molar-refractivity contribution in [3.63, 3.8) is 0 Å². The number of aromatic nitrogens is 1. The van der Waals surface area contributed by atoms with E-state index in [1.54, 1.807) is 12.1 Å². The summed E-state index contributed by atoms with van der Waals surface area (Å²) in [7, 11) is 0. The van der Waals surface area contributed by atoms with Crippen LogP contribution in [0.15, 0.2) is 42.7 Å². The predicted octanol–water partition coefficient (Wildman–Crippen LogP) is 2.17. The van der Waals surface area contributed by atoms with E-state index in [0.717, 1.165) is 6.21 Å². The second kappa shape index (κ2) is 5.96. The Morgan fingerprint density at radius 2 is 1.95 bits per heavy atom. The predicted molar refractivity (Wildman–Crippen MR) is 81.9 cm³/mol. The third-order valence-corrected chi connectivity index (χ3v) is 2.98. The van der Waals surface area contributed by atoms with Crippen molar-refractivity contribution in [2.45, 2.75) is 0 Å². The van der Waals surface area contributed by atoms with Crippen molar-refractivity contribution < 1.29 is 4.39 Å². The minimum Gasteiger partial charge on any atom is -0.404 e. The normalized spacial score (nSPS) is 11.2. The average molecular weight is 283 g/mol. The summed E-state index contributed by atoms with van der Waals surface area (Å²) >= 11 is 0. The summed E-state index contributed by atoms with van der Waals surface area (Å²) in [5.74, 6) is -0.498. The van der Waals surface area contributed by atoms with Crippen molar-refractivity contribution in [3.05, 3.63) is 65.4 Å². The van der Waals surface area contributed by atoms with E-state index < -0.39 is 5.82 Å². The molecular formula is C15H14FN5. The summed E-state index contributed by atoms with van der Waals surface area (Å²) in [5.41, 5.74) is 12.7. The second-order valence-corrected chi connectivity index (χ2v) is 4.28. The fourth-order valence-corrected chi connectivity index (χ4v) is 1.86. The molecule has 6 N–H and O–H groups in total. The van der Waals surface area contributed by atoms with E-state index in [0.29, 0.717) is 16.8 Å². The van der Waals surface area contributed by atoms with Crippen LogP contribution in [-0.2, 0) is 0 Å². The van der Waals surface area contributed by atoms with Crippen LogP contribution in [0.5, 0.6) is 0 Å². The van der Waals surface area contributed by atoms with Gasteiger partial charge in [-0.3, -0.25) is 10.4 Å². The van der Waals surface area contributed by atoms with Gasteiger partial charge in [-0.2, -0.15) is 0 Å². The number of allylic oxidation sites excluding steroid dienone is 1. The number of nitrogens with one attached hydrogen (secondary N) is 2. The van der Waals surface area contributed by atoms with Gasteiger partial charge in [-0.15, -0.1) is 0 Å². The Morgan fingerprint density at radius 3 is 2.57 bits per heavy atom. The fraction of sp³-hybridized carbons (Fsp3) is 0. The maximum absolute atomic E-state index is 13.8. The molecule has 106 valence electrons. The summed E-state index contributed by atoms with van der Waals surface area (Å²) < 4.78 is 13.8. The molecule has 5 nitrogen and oxygen atoms in total. The van der Waals surface area contributed by atoms with Gasteiger partial charge in [0.05, 0.1) is 23.3 Å². The largest absolute Gasteiger partial charge is 0.404 e. The Labute approximate surface area is 121 Å². The lowest BCUT2D eigenvalue weighted by atomic mass is 9.99. The van der Waals surface area contributed by atoms with Gasteiger partial charge in [0, 0.05) is 29.1 Å². The summed E-state index contributed by atoms with van der Waals surface area (Å²) in [6.07, 6.45) is 3.66. The molecule has 0 spiro atoms. The van der Waals surface area contributed by atoms with E-state index in [9.17, 15) is 4.39 Å². The number of anilines is 1. The fourth-order valence-electron chi connectivity index (χ4n) is 1.86. The zero-order valence-electron chi connectivity index (χ0n) is 11.1. The molecule has 0 fully saturated rings. The quantitative estimate of drug-likeness (QED) is 0.645. The molecule has 21 heavy (non-hydrogen) atoms. The van der Waals surface area contributed by atoms with E-state index in [-0.39, 0.29) is 17.0 Å². The number of rotatable bonds is 4. The number of nitrogen functional groups attached to an aromatic ring is 1. The number of benzene rings is 1. The number of nitrogens with zero attached hydrogens (tertiary/aromatic N) is 1. The van der Waals surface area contributed by atoms with Crippen LogP contribution < -0.4 is 11.5 Å². The van der Waals surface area contributed by atoms with Gasteiger partial charge in [0.2, 0.25) is 0 Å². The number of hydrogen-bond donors (Lipinski definition) is 4. The smallest absolute Gasteiger partial charge is 0.132 e. The standard InChI is InChI=1S/C15H14FN5/c16-12-4-2-1-3-10(12)15(20)11-5-14(9(6-17)7-18)21-8-13(11)19/h1-8,17,20H,18-19H2/b9-7+,17-6?,20-15?. The SMILES string of the molecule is N=C/C(=C\N)c1cc(C(=N)c2ccccc2F)c(N)cn1. The van der Waals surface area contributed by atoms with Crippen molar-refractivity contribution in [3.8, 4) is 0 Å². The Bertz CT molecular complexity index is 737. The van der Waals surface area contributed by atoms with Crippen LogP contribution in [0.25, 0.3) is 5.57 Å². The van der Waals surface area contributed by atoms with Gasteiger partial charge in [-0.1, -0.05) is 12.1 Å². The lowest BCUT2D eigenvalue weighted by Gasteiger charge is -2.10. The van der Waals surface area contributed by atoms with Crippen molar-refractivity contribution in [2.24, 2.45) is 5.73 Å². The van der Waals surface area contributed by atoms with E-state index in [1.165, 1.54) is 30.6 Å². The van der Waals surface area contributed by atoms with E-state index in [2.05, 4.69) is 4.98 Å². The first kappa shape index (κ1) is 14.4. The van der Waals surface area contributed by atoms with Crippen LogP contribution in [0.4, 0.5) is 10.1 Å². The Balaban J connectivity index is 2.54. The van der Waals surface area contributed by atoms with E-state index in [4.69, 9.17) is 22.3 Å². The molecule has 1 aromatic heterocycles. The molecule has 0 amide bonds. The maximum Gasteiger partial charge on any atom is 0.132 e. The minimum atomic E-state index is -0.498. The molecule has 6 heteroatoms. The van der Waals surface area contributed by atoms with Crippen LogP contribution in [0.1, 0.15) is 16.8 Å². The first-order chi connectivity index (χ1) is 10.1. The molecule has 0 aliphatic heterocycles. The van der Waals surface area contributed by atoms with Gasteiger partial charge in [0.15, 0.2) is 0 Å². The molecule has 0 aliphatic carbocycles. The monoisotopic (exact) mass is 283 g/mol. The van der Waals surface area contributed by atoms with Crippen molar-refractivity contribution >= 4 is 23.2 Å². The highest BCUT2D eigenvalue weighted by molar-refractivity contribution is 6.15. The lowest BCUT2D eigenvalue weighted by Crippen LogP contribution is -2.09. The van der Waals surface area contributed by atoms with Gasteiger partial charge >= 0.3 is 0 Å². The zero-order chi connectivity index (χ0) is 15.4. The molecule has 0 saturated carbocycles. The van der Waals surface area contributed by atoms with Gasteiger partial charge in [-0.25, -0.2) is 4.39 Å². The van der Waals surface area contributed by atoms with E-state index >= 15 is 0 Å². The molecule has 1 heterocycles. The van der Waals surface area contributed by atoms with Gasteiger partial charge in [0.25, 0.3) is 0 Å². The Morgan fingerprint density at radius 1 is 1.24 bits per heavy atom. The number of pyridine rings is 1. The molecule has 0 aliphatic rings. The van der Waals surface area contributed by atoms with Crippen LogP contribution in [0.3, 0.4) is 0 Å². The van der Waals surface area contributed by atoms with Crippen LogP contribution >= 0.6 is 0 Å². The average Bonchev–Trinajstić information content (AvgIpc) is 2.50. The van der Waals surface area contributed by atoms with Crippen molar-refractivity contribution in [2.75, 3.05) is 5.73 Å². The molecule has 0 saturated heterocycles. The van der Waals surface area contributed by atoms with Gasteiger partial charge in [0.1, 0.15) is 5.82 Å². The first-order valence-electron chi connectivity index (χ1n) is 6.10. The van der Waals surface area contributed by atoms with Gasteiger partial charge in [-0.05, 0) is 18.2 Å². The first-order valence-corrected chi connectivity index (χ1v) is 6.10. The highest BCUT2D eigenvalue weighted by Crippen LogP contribution is 2.21.